The van der Waals surface area contributed by atoms with Gasteiger partial charge in [0, 0.05) is 28.2 Å². The standard InChI is InChI=1S/C22H18O6.2C3H7NO/c23-21(24)15-5-9-19(10-6-15)27-13-17-3-1-2-4-18(17)14-28-20-11-7-16(8-12-20)22(25)26;2*1-4(2)3-5/h1-12H,13-14H2,(H,23,24)(H,25,26);2*3H,1-2H3. The van der Waals surface area contributed by atoms with Gasteiger partial charge in [0.2, 0.25) is 12.8 Å². The lowest BCUT2D eigenvalue weighted by molar-refractivity contribution is -0.116. The number of rotatable bonds is 10. The minimum Gasteiger partial charge on any atom is -0.489 e. The highest BCUT2D eigenvalue weighted by atomic mass is 16.5. The zero-order chi connectivity index (χ0) is 28.5. The molecule has 3 aromatic rings. The average Bonchev–Trinajstić information content (AvgIpc) is 2.92. The van der Waals surface area contributed by atoms with Crippen LogP contribution in [-0.4, -0.2) is 73.0 Å². The van der Waals surface area contributed by atoms with Crippen molar-refractivity contribution in [1.29, 1.82) is 0 Å². The number of benzene rings is 3. The molecule has 2 N–H and O–H groups in total. The molecule has 0 atom stereocenters. The summed E-state index contributed by atoms with van der Waals surface area (Å²) in [6, 6.07) is 20.1. The number of carboxylic acid groups (broad SMARTS) is 2. The van der Waals surface area contributed by atoms with Crippen molar-refractivity contribution < 1.29 is 38.9 Å². The SMILES string of the molecule is CN(C)C=O.CN(C)C=O.O=C(O)c1ccc(OCc2ccccc2COc2ccc(C(=O)O)cc2)cc1. The van der Waals surface area contributed by atoms with E-state index in [1.54, 1.807) is 52.5 Å². The van der Waals surface area contributed by atoms with E-state index in [4.69, 9.17) is 19.7 Å². The summed E-state index contributed by atoms with van der Waals surface area (Å²) in [5.41, 5.74) is 2.28. The lowest BCUT2D eigenvalue weighted by Gasteiger charge is -2.12. The molecule has 0 heterocycles. The van der Waals surface area contributed by atoms with Crippen molar-refractivity contribution in [3.05, 3.63) is 95.1 Å². The van der Waals surface area contributed by atoms with Gasteiger partial charge in [-0.3, -0.25) is 9.59 Å². The predicted molar refractivity (Wildman–Crippen MR) is 141 cm³/mol. The predicted octanol–water partition coefficient (Wildman–Crippen LogP) is 3.65. The van der Waals surface area contributed by atoms with E-state index < -0.39 is 11.9 Å². The van der Waals surface area contributed by atoms with Crippen molar-refractivity contribution in [3.8, 4) is 11.5 Å². The van der Waals surface area contributed by atoms with Crippen molar-refractivity contribution in [2.75, 3.05) is 28.2 Å². The Morgan fingerprint density at radius 3 is 1.16 bits per heavy atom. The molecule has 0 aromatic heterocycles. The maximum absolute atomic E-state index is 10.9. The summed E-state index contributed by atoms with van der Waals surface area (Å²) in [6.45, 7) is 0.619. The van der Waals surface area contributed by atoms with Crippen LogP contribution in [0.15, 0.2) is 72.8 Å². The summed E-state index contributed by atoms with van der Waals surface area (Å²) in [5.74, 6) is -0.814. The van der Waals surface area contributed by atoms with Crippen LogP contribution in [0.3, 0.4) is 0 Å². The van der Waals surface area contributed by atoms with Crippen molar-refractivity contribution in [2.24, 2.45) is 0 Å². The van der Waals surface area contributed by atoms with Gasteiger partial charge in [0.1, 0.15) is 24.7 Å². The summed E-state index contributed by atoms with van der Waals surface area (Å²) in [7, 11) is 6.75. The lowest BCUT2D eigenvalue weighted by Crippen LogP contribution is -2.06. The van der Waals surface area contributed by atoms with Gasteiger partial charge in [-0.15, -0.1) is 0 Å². The Hall–Kier alpha value is -4.86. The molecule has 0 aliphatic rings. The van der Waals surface area contributed by atoms with Gasteiger partial charge < -0.3 is 29.5 Å². The molecule has 2 amide bonds. The molecule has 202 valence electrons. The van der Waals surface area contributed by atoms with Gasteiger partial charge in [0.25, 0.3) is 0 Å². The first kappa shape index (κ1) is 31.2. The van der Waals surface area contributed by atoms with Gasteiger partial charge >= 0.3 is 11.9 Å². The number of carboxylic acids is 2. The van der Waals surface area contributed by atoms with Crippen LogP contribution in [-0.2, 0) is 22.8 Å². The number of hydrogen-bond acceptors (Lipinski definition) is 6. The van der Waals surface area contributed by atoms with Crippen LogP contribution in [0.1, 0.15) is 31.8 Å². The number of hydrogen-bond donors (Lipinski definition) is 2. The molecule has 0 aliphatic carbocycles. The van der Waals surface area contributed by atoms with Gasteiger partial charge in [-0.1, -0.05) is 24.3 Å². The summed E-state index contributed by atoms with van der Waals surface area (Å²) < 4.78 is 11.5. The van der Waals surface area contributed by atoms with Gasteiger partial charge in [-0.2, -0.15) is 0 Å². The number of amides is 2. The van der Waals surface area contributed by atoms with E-state index in [-0.39, 0.29) is 11.1 Å². The minimum absolute atomic E-state index is 0.204. The van der Waals surface area contributed by atoms with Gasteiger partial charge in [-0.05, 0) is 59.7 Å². The molecule has 0 saturated carbocycles. The third-order valence-corrected chi connectivity index (χ3v) is 4.53. The second-order valence-corrected chi connectivity index (χ2v) is 8.14. The van der Waals surface area contributed by atoms with Crippen LogP contribution >= 0.6 is 0 Å². The zero-order valence-electron chi connectivity index (χ0n) is 21.7. The average molecular weight is 525 g/mol. The molecule has 3 aromatic carbocycles. The van der Waals surface area contributed by atoms with E-state index >= 15 is 0 Å². The van der Waals surface area contributed by atoms with Gasteiger partial charge in [-0.25, -0.2) is 9.59 Å². The molecule has 0 bridgehead atoms. The van der Waals surface area contributed by atoms with Crippen LogP contribution in [0.25, 0.3) is 0 Å². The monoisotopic (exact) mass is 524 g/mol. The smallest absolute Gasteiger partial charge is 0.335 e. The van der Waals surface area contributed by atoms with Gasteiger partial charge in [0.05, 0.1) is 11.1 Å². The van der Waals surface area contributed by atoms with E-state index in [0.717, 1.165) is 23.9 Å². The molecule has 0 aliphatic heterocycles. The maximum Gasteiger partial charge on any atom is 0.335 e. The molecule has 0 radical (unpaired) electrons. The Balaban J connectivity index is 0.000000616. The Kier molecular flexibility index (Phi) is 13.7. The number of carbonyl (C=O) groups is 4. The van der Waals surface area contributed by atoms with Crippen LogP contribution in [0.5, 0.6) is 11.5 Å². The molecule has 0 fully saturated rings. The molecule has 0 spiro atoms. The topological polar surface area (TPSA) is 134 Å². The molecule has 0 saturated heterocycles. The fraction of sp³-hybridized carbons (Fsp3) is 0.214. The van der Waals surface area contributed by atoms with Crippen molar-refractivity contribution in [3.63, 3.8) is 0 Å². The Labute approximate surface area is 221 Å². The van der Waals surface area contributed by atoms with E-state index in [1.165, 1.54) is 34.1 Å². The number of ether oxygens (including phenoxy) is 2. The van der Waals surface area contributed by atoms with E-state index in [0.29, 0.717) is 24.7 Å². The van der Waals surface area contributed by atoms with Crippen LogP contribution in [0.4, 0.5) is 0 Å². The summed E-state index contributed by atoms with van der Waals surface area (Å²) >= 11 is 0. The fourth-order valence-electron chi connectivity index (χ4n) is 2.55. The van der Waals surface area contributed by atoms with Crippen LogP contribution in [0, 0.1) is 0 Å². The first-order chi connectivity index (χ1) is 18.1. The molecule has 10 nitrogen and oxygen atoms in total. The number of aromatic carboxylic acids is 2. The fourth-order valence-corrected chi connectivity index (χ4v) is 2.55. The van der Waals surface area contributed by atoms with E-state index in [2.05, 4.69) is 0 Å². The van der Waals surface area contributed by atoms with E-state index in [9.17, 15) is 19.2 Å². The zero-order valence-corrected chi connectivity index (χ0v) is 21.7. The highest BCUT2D eigenvalue weighted by Crippen LogP contribution is 2.19. The second-order valence-electron chi connectivity index (χ2n) is 8.14. The molecule has 10 heteroatoms. The minimum atomic E-state index is -0.981. The van der Waals surface area contributed by atoms with Crippen LogP contribution in [0.2, 0.25) is 0 Å². The maximum atomic E-state index is 10.9. The Morgan fingerprint density at radius 1 is 0.632 bits per heavy atom. The number of nitrogens with zero attached hydrogens (tertiary/aromatic N) is 2. The first-order valence-corrected chi connectivity index (χ1v) is 11.3. The highest BCUT2D eigenvalue weighted by Gasteiger charge is 2.07. The van der Waals surface area contributed by atoms with Gasteiger partial charge in [0.15, 0.2) is 0 Å². The molecule has 0 unspecified atom stereocenters. The summed E-state index contributed by atoms with van der Waals surface area (Å²) in [4.78, 5) is 43.5. The second kappa shape index (κ2) is 16.7. The van der Waals surface area contributed by atoms with Crippen molar-refractivity contribution >= 4 is 24.8 Å². The number of carbonyl (C=O) groups excluding carboxylic acids is 2. The summed E-state index contributed by atoms with van der Waals surface area (Å²) in [5, 5.41) is 17.9. The van der Waals surface area contributed by atoms with E-state index in [1.807, 2.05) is 24.3 Å². The molecule has 3 rings (SSSR count). The molecule has 38 heavy (non-hydrogen) atoms. The quantitative estimate of drug-likeness (QED) is 0.384. The largest absolute Gasteiger partial charge is 0.489 e. The van der Waals surface area contributed by atoms with Crippen molar-refractivity contribution in [2.45, 2.75) is 13.2 Å². The first-order valence-electron chi connectivity index (χ1n) is 11.3. The molecular formula is C28H32N2O8. The normalized spacial score (nSPS) is 9.37. The van der Waals surface area contributed by atoms with Crippen molar-refractivity contribution in [1.82, 2.24) is 9.80 Å². The third kappa shape index (κ3) is 12.2. The highest BCUT2D eigenvalue weighted by molar-refractivity contribution is 5.88. The Bertz CT molecular complexity index is 1070. The molecular weight excluding hydrogens is 492 g/mol. The third-order valence-electron chi connectivity index (χ3n) is 4.53. The van der Waals surface area contributed by atoms with Crippen LogP contribution < -0.4 is 9.47 Å². The Morgan fingerprint density at radius 2 is 0.921 bits per heavy atom. The summed E-state index contributed by atoms with van der Waals surface area (Å²) in [6.07, 6.45) is 1.50. The lowest BCUT2D eigenvalue weighted by atomic mass is 10.1.